The van der Waals surface area contributed by atoms with Gasteiger partial charge in [0, 0.05) is 0 Å². The maximum Gasteiger partial charge on any atom is 0.408 e. The predicted octanol–water partition coefficient (Wildman–Crippen LogP) is 1.19. The van der Waals surface area contributed by atoms with Gasteiger partial charge in [0.05, 0.1) is 7.11 Å². The molecular formula is C10H17NO4S. The zero-order valence-electron chi connectivity index (χ0n) is 9.52. The normalized spacial score (nSPS) is 11.4. The highest BCUT2D eigenvalue weighted by atomic mass is 32.2. The fourth-order valence-corrected chi connectivity index (χ4v) is 1.42. The van der Waals surface area contributed by atoms with E-state index in [2.05, 4.69) is 16.6 Å². The number of ether oxygens (including phenoxy) is 2. The first kappa shape index (κ1) is 14.8. The van der Waals surface area contributed by atoms with Gasteiger partial charge in [-0.2, -0.15) is 11.8 Å². The van der Waals surface area contributed by atoms with Crippen molar-refractivity contribution in [2.45, 2.75) is 12.5 Å². The van der Waals surface area contributed by atoms with Crippen molar-refractivity contribution in [3.05, 3.63) is 12.7 Å². The molecule has 0 fully saturated rings. The van der Waals surface area contributed by atoms with E-state index in [1.54, 1.807) is 11.8 Å². The summed E-state index contributed by atoms with van der Waals surface area (Å²) in [7, 11) is 1.28. The third-order valence-corrected chi connectivity index (χ3v) is 2.36. The molecule has 0 bridgehead atoms. The van der Waals surface area contributed by atoms with Crippen LogP contribution in [-0.4, -0.2) is 43.8 Å². The van der Waals surface area contributed by atoms with Crippen molar-refractivity contribution in [3.8, 4) is 0 Å². The smallest absolute Gasteiger partial charge is 0.408 e. The average Bonchev–Trinajstić information content (AvgIpc) is 2.30. The number of rotatable bonds is 7. The molecule has 0 aromatic carbocycles. The second kappa shape index (κ2) is 9.08. The van der Waals surface area contributed by atoms with Crippen LogP contribution in [0.2, 0.25) is 0 Å². The first-order valence-electron chi connectivity index (χ1n) is 4.76. The van der Waals surface area contributed by atoms with Crippen LogP contribution in [0, 0.1) is 0 Å². The number of alkyl carbamates (subject to hydrolysis) is 1. The number of hydrogen-bond donors (Lipinski definition) is 1. The zero-order valence-corrected chi connectivity index (χ0v) is 10.3. The van der Waals surface area contributed by atoms with Crippen molar-refractivity contribution in [2.75, 3.05) is 25.7 Å². The van der Waals surface area contributed by atoms with Crippen LogP contribution in [0.5, 0.6) is 0 Å². The number of carbonyl (C=O) groups is 2. The molecule has 0 aromatic heterocycles. The van der Waals surface area contributed by atoms with Crippen LogP contribution in [0.3, 0.4) is 0 Å². The molecule has 6 heteroatoms. The molecule has 0 aromatic rings. The second-order valence-corrected chi connectivity index (χ2v) is 3.87. The lowest BCUT2D eigenvalue weighted by Gasteiger charge is -2.15. The van der Waals surface area contributed by atoms with E-state index >= 15 is 0 Å². The molecular weight excluding hydrogens is 230 g/mol. The Hall–Kier alpha value is -1.17. The monoisotopic (exact) mass is 247 g/mol. The Bertz CT molecular complexity index is 245. The van der Waals surface area contributed by atoms with Crippen LogP contribution in [0.15, 0.2) is 12.7 Å². The molecule has 0 saturated heterocycles. The summed E-state index contributed by atoms with van der Waals surface area (Å²) in [6, 6.07) is -0.658. The lowest BCUT2D eigenvalue weighted by Crippen LogP contribution is -2.42. The van der Waals surface area contributed by atoms with E-state index in [4.69, 9.17) is 4.74 Å². The molecule has 1 amide bonds. The minimum Gasteiger partial charge on any atom is -0.467 e. The van der Waals surface area contributed by atoms with E-state index in [1.165, 1.54) is 13.2 Å². The minimum absolute atomic E-state index is 0.113. The van der Waals surface area contributed by atoms with Crippen molar-refractivity contribution in [2.24, 2.45) is 0 Å². The molecule has 0 spiro atoms. The van der Waals surface area contributed by atoms with Gasteiger partial charge >= 0.3 is 12.1 Å². The summed E-state index contributed by atoms with van der Waals surface area (Å²) >= 11 is 1.59. The van der Waals surface area contributed by atoms with Gasteiger partial charge in [0.15, 0.2) is 0 Å². The number of hydrogen-bond acceptors (Lipinski definition) is 5. The van der Waals surface area contributed by atoms with Crippen LogP contribution in [-0.2, 0) is 14.3 Å². The van der Waals surface area contributed by atoms with E-state index in [1.807, 2.05) is 6.26 Å². The molecule has 0 aliphatic heterocycles. The second-order valence-electron chi connectivity index (χ2n) is 2.89. The fraction of sp³-hybridized carbons (Fsp3) is 0.600. The van der Waals surface area contributed by atoms with Crippen LogP contribution in [0.4, 0.5) is 4.79 Å². The summed E-state index contributed by atoms with van der Waals surface area (Å²) in [5.41, 5.74) is 0. The van der Waals surface area contributed by atoms with Gasteiger partial charge in [-0.25, -0.2) is 9.59 Å². The topological polar surface area (TPSA) is 64.6 Å². The first-order valence-corrected chi connectivity index (χ1v) is 6.16. The van der Waals surface area contributed by atoms with Gasteiger partial charge in [-0.1, -0.05) is 12.7 Å². The predicted molar refractivity (Wildman–Crippen MR) is 63.5 cm³/mol. The van der Waals surface area contributed by atoms with Gasteiger partial charge in [-0.05, 0) is 18.4 Å². The maximum atomic E-state index is 11.3. The van der Waals surface area contributed by atoms with E-state index in [0.717, 1.165) is 5.75 Å². The number of methoxy groups -OCH3 is 1. The standard InChI is InChI=1S/C10H17NO4S/c1-4-6-15-10(13)11-8(5-7-16-3)9(12)14-2/h4,8H,1,5-7H2,2-3H3,(H,11,13)/t8-/m0/s1. The Morgan fingerprint density at radius 3 is 2.75 bits per heavy atom. The summed E-state index contributed by atoms with van der Waals surface area (Å²) in [5, 5.41) is 2.44. The summed E-state index contributed by atoms with van der Waals surface area (Å²) in [6.07, 6.45) is 3.24. The SMILES string of the molecule is C=CCOC(=O)N[C@@H](CCSC)C(=O)OC. The molecule has 0 rings (SSSR count). The number of amides is 1. The lowest BCUT2D eigenvalue weighted by atomic mass is 10.2. The molecule has 92 valence electrons. The highest BCUT2D eigenvalue weighted by Crippen LogP contribution is 2.02. The number of nitrogens with one attached hydrogen (secondary N) is 1. The largest absolute Gasteiger partial charge is 0.467 e. The number of carbonyl (C=O) groups excluding carboxylic acids is 2. The van der Waals surface area contributed by atoms with Gasteiger partial charge in [-0.15, -0.1) is 0 Å². The number of thioether (sulfide) groups is 1. The van der Waals surface area contributed by atoms with E-state index in [9.17, 15) is 9.59 Å². The Morgan fingerprint density at radius 1 is 1.56 bits per heavy atom. The molecule has 0 radical (unpaired) electrons. The molecule has 0 heterocycles. The summed E-state index contributed by atoms with van der Waals surface area (Å²) in [5.74, 6) is 0.284. The van der Waals surface area contributed by atoms with Crippen LogP contribution >= 0.6 is 11.8 Å². The summed E-state index contributed by atoms with van der Waals surface area (Å²) in [4.78, 5) is 22.5. The van der Waals surface area contributed by atoms with Crippen LogP contribution in [0.25, 0.3) is 0 Å². The van der Waals surface area contributed by atoms with Crippen molar-refractivity contribution in [3.63, 3.8) is 0 Å². The fourth-order valence-electron chi connectivity index (χ4n) is 0.945. The Kier molecular flexibility index (Phi) is 8.42. The Morgan fingerprint density at radius 2 is 2.25 bits per heavy atom. The molecule has 0 aliphatic carbocycles. The lowest BCUT2D eigenvalue weighted by molar-refractivity contribution is -0.143. The highest BCUT2D eigenvalue weighted by Gasteiger charge is 2.21. The van der Waals surface area contributed by atoms with Gasteiger partial charge in [0.2, 0.25) is 0 Å². The first-order chi connectivity index (χ1) is 7.65. The Balaban J connectivity index is 4.13. The summed E-state index contributed by atoms with van der Waals surface area (Å²) in [6.45, 7) is 3.53. The van der Waals surface area contributed by atoms with Crippen LogP contribution < -0.4 is 5.32 Å². The number of esters is 1. The van der Waals surface area contributed by atoms with E-state index in [-0.39, 0.29) is 6.61 Å². The van der Waals surface area contributed by atoms with E-state index in [0.29, 0.717) is 6.42 Å². The van der Waals surface area contributed by atoms with Crippen molar-refractivity contribution in [1.82, 2.24) is 5.32 Å². The molecule has 5 nitrogen and oxygen atoms in total. The van der Waals surface area contributed by atoms with E-state index < -0.39 is 18.1 Å². The molecule has 0 saturated carbocycles. The highest BCUT2D eigenvalue weighted by molar-refractivity contribution is 7.98. The van der Waals surface area contributed by atoms with Gasteiger partial charge in [0.1, 0.15) is 12.6 Å². The van der Waals surface area contributed by atoms with Gasteiger partial charge in [-0.3, -0.25) is 0 Å². The quantitative estimate of drug-likeness (QED) is 0.541. The summed E-state index contributed by atoms with van der Waals surface area (Å²) < 4.78 is 9.29. The molecule has 1 N–H and O–H groups in total. The third kappa shape index (κ3) is 6.34. The van der Waals surface area contributed by atoms with Crippen molar-refractivity contribution in [1.29, 1.82) is 0 Å². The minimum atomic E-state index is -0.658. The molecule has 0 aliphatic rings. The molecule has 1 atom stereocenters. The van der Waals surface area contributed by atoms with Gasteiger partial charge < -0.3 is 14.8 Å². The maximum absolute atomic E-state index is 11.3. The third-order valence-electron chi connectivity index (χ3n) is 1.72. The molecule has 16 heavy (non-hydrogen) atoms. The van der Waals surface area contributed by atoms with Crippen molar-refractivity contribution >= 4 is 23.8 Å². The van der Waals surface area contributed by atoms with Crippen LogP contribution in [0.1, 0.15) is 6.42 Å². The zero-order chi connectivity index (χ0) is 12.4. The van der Waals surface area contributed by atoms with Gasteiger partial charge in [0.25, 0.3) is 0 Å². The Labute approximate surface area is 99.6 Å². The average molecular weight is 247 g/mol. The molecule has 0 unspecified atom stereocenters. The van der Waals surface area contributed by atoms with Crippen molar-refractivity contribution < 1.29 is 19.1 Å².